The molecule has 0 aliphatic carbocycles. The van der Waals surface area contributed by atoms with Crippen molar-refractivity contribution in [3.63, 3.8) is 0 Å². The van der Waals surface area contributed by atoms with E-state index in [9.17, 15) is 9.59 Å². The molecule has 2 aliphatic rings. The topological polar surface area (TPSA) is 128 Å². The zero-order chi connectivity index (χ0) is 21.3. The molecule has 1 aromatic carbocycles. The highest BCUT2D eigenvalue weighted by molar-refractivity contribution is 7.81. The Morgan fingerprint density at radius 3 is 2.80 bits per heavy atom. The highest BCUT2D eigenvalue weighted by atomic mass is 32.1. The number of nitrogens with two attached hydrogens (primary N) is 2. The Kier molecular flexibility index (Phi) is 5.53. The van der Waals surface area contributed by atoms with Crippen LogP contribution in [0.15, 0.2) is 48.3 Å². The Hall–Kier alpha value is -3.21. The van der Waals surface area contributed by atoms with Crippen LogP contribution in [0.25, 0.3) is 5.57 Å². The van der Waals surface area contributed by atoms with Gasteiger partial charge in [0.05, 0.1) is 35.0 Å². The lowest BCUT2D eigenvalue weighted by Crippen LogP contribution is -2.43. The number of carbonyl (C=O) groups excluding carboxylic acids is 2. The van der Waals surface area contributed by atoms with E-state index in [4.69, 9.17) is 16.4 Å². The zero-order valence-corrected chi connectivity index (χ0v) is 17.0. The maximum absolute atomic E-state index is 12.7. The van der Waals surface area contributed by atoms with Gasteiger partial charge in [0, 0.05) is 17.8 Å². The molecule has 0 bridgehead atoms. The Morgan fingerprint density at radius 1 is 1.30 bits per heavy atom. The molecule has 10 heteroatoms. The van der Waals surface area contributed by atoms with Crippen molar-refractivity contribution in [2.75, 3.05) is 30.1 Å². The van der Waals surface area contributed by atoms with Gasteiger partial charge in [0.25, 0.3) is 5.91 Å². The Balaban J connectivity index is 1.83. The minimum absolute atomic E-state index is 0.00532. The molecule has 0 spiro atoms. The first kappa shape index (κ1) is 20.1. The maximum atomic E-state index is 12.7. The molecular weight excluding hydrogens is 404 g/mol. The summed E-state index contributed by atoms with van der Waals surface area (Å²) in [6, 6.07) is 9.51. The van der Waals surface area contributed by atoms with Gasteiger partial charge in [0.15, 0.2) is 5.78 Å². The third-order valence-electron chi connectivity index (χ3n) is 4.94. The van der Waals surface area contributed by atoms with E-state index in [1.165, 1.54) is 4.68 Å². The second kappa shape index (κ2) is 8.27. The quantitative estimate of drug-likeness (QED) is 0.210. The molecule has 30 heavy (non-hydrogen) atoms. The molecule has 1 aromatic heterocycles. The van der Waals surface area contributed by atoms with Gasteiger partial charge in [-0.1, -0.05) is 24.3 Å². The fourth-order valence-electron chi connectivity index (χ4n) is 3.52. The van der Waals surface area contributed by atoms with Crippen LogP contribution >= 0.6 is 12.6 Å². The molecule has 2 aromatic rings. The van der Waals surface area contributed by atoms with E-state index in [0.29, 0.717) is 40.6 Å². The predicted molar refractivity (Wildman–Crippen MR) is 117 cm³/mol. The molecule has 9 nitrogen and oxygen atoms in total. The van der Waals surface area contributed by atoms with Gasteiger partial charge in [0.2, 0.25) is 0 Å². The first-order valence-corrected chi connectivity index (χ1v) is 9.94. The number of hydrogen-bond donors (Lipinski definition) is 5. The van der Waals surface area contributed by atoms with E-state index in [2.05, 4.69) is 23.3 Å². The number of amides is 1. The number of ketones is 1. The number of nitrogen functional groups attached to an aromatic ring is 1. The number of anilines is 2. The molecule has 0 saturated heterocycles. The summed E-state index contributed by atoms with van der Waals surface area (Å²) in [5, 5.41) is 7.41. The van der Waals surface area contributed by atoms with Crippen LogP contribution in [-0.2, 0) is 16.1 Å². The van der Waals surface area contributed by atoms with Crippen molar-refractivity contribution in [1.82, 2.24) is 15.0 Å². The number of nitrogens with zero attached hydrogens (tertiary/aromatic N) is 2. The minimum atomic E-state index is -0.355. The number of nitrogens with one attached hydrogen (secondary N) is 2. The number of rotatable bonds is 5. The van der Waals surface area contributed by atoms with Crippen molar-refractivity contribution in [2.45, 2.75) is 6.61 Å². The van der Waals surface area contributed by atoms with Gasteiger partial charge >= 0.3 is 0 Å². The number of allylic oxidation sites excluding steroid dienone is 2. The number of hydrazine groups is 1. The summed E-state index contributed by atoms with van der Waals surface area (Å²) < 4.78 is 6.86. The molecule has 3 heterocycles. The van der Waals surface area contributed by atoms with Gasteiger partial charge in [-0.3, -0.25) is 14.3 Å². The van der Waals surface area contributed by atoms with Crippen LogP contribution in [0.2, 0.25) is 0 Å². The van der Waals surface area contributed by atoms with Crippen molar-refractivity contribution < 1.29 is 14.3 Å². The molecule has 2 aliphatic heterocycles. The van der Waals surface area contributed by atoms with E-state index in [0.717, 1.165) is 10.7 Å². The maximum Gasteiger partial charge on any atom is 0.252 e. The van der Waals surface area contributed by atoms with E-state index in [-0.39, 0.29) is 30.7 Å². The van der Waals surface area contributed by atoms with Crippen LogP contribution in [0, 0.1) is 0 Å². The molecule has 1 amide bonds. The minimum Gasteiger partial charge on any atom is -0.367 e. The first-order chi connectivity index (χ1) is 14.5. The summed E-state index contributed by atoms with van der Waals surface area (Å²) in [7, 11) is 0. The lowest BCUT2D eigenvalue weighted by atomic mass is 10.0. The van der Waals surface area contributed by atoms with Crippen LogP contribution in [0.5, 0.6) is 0 Å². The van der Waals surface area contributed by atoms with Crippen LogP contribution in [0.3, 0.4) is 0 Å². The second-order valence-electron chi connectivity index (χ2n) is 6.81. The second-order valence-corrected chi connectivity index (χ2v) is 7.13. The lowest BCUT2D eigenvalue weighted by Gasteiger charge is -2.24. The Labute approximate surface area is 178 Å². The molecule has 4 rings (SSSR count). The molecule has 0 unspecified atom stereocenters. The predicted octanol–water partition coefficient (Wildman–Crippen LogP) is 1.12. The van der Waals surface area contributed by atoms with Crippen LogP contribution < -0.4 is 22.3 Å². The molecule has 6 N–H and O–H groups in total. The molecule has 0 atom stereocenters. The highest BCUT2D eigenvalue weighted by Gasteiger charge is 2.31. The average Bonchev–Trinajstić information content (AvgIpc) is 3.06. The van der Waals surface area contributed by atoms with E-state index < -0.39 is 0 Å². The summed E-state index contributed by atoms with van der Waals surface area (Å²) in [5.41, 5.74) is 3.83. The normalized spacial score (nSPS) is 15.6. The van der Waals surface area contributed by atoms with Gasteiger partial charge in [0.1, 0.15) is 12.4 Å². The molecular formula is C20H22N6O3S. The van der Waals surface area contributed by atoms with E-state index >= 15 is 0 Å². The highest BCUT2D eigenvalue weighted by Crippen LogP contribution is 2.37. The number of ether oxygens (including phenoxy) is 1. The number of Topliss-reactive ketones (excluding diaryl/α,β-unsaturated/α-hetero) is 1. The van der Waals surface area contributed by atoms with Gasteiger partial charge < -0.3 is 21.2 Å². The standard InChI is InChI=1S/C20H22N6O3S/c21-25-14-9-29-10-15(27)18(14)19(24-13-4-2-1-3-5-13)20(25)12-6-7-23-16(8-12)26(22)17(28)11-30/h1-6,8,23-24,30H,7,9-11,21-22H2. The average molecular weight is 427 g/mol. The van der Waals surface area contributed by atoms with Crippen molar-refractivity contribution in [3.05, 3.63) is 65.3 Å². The number of fused-ring (bicyclic) bond motifs is 1. The summed E-state index contributed by atoms with van der Waals surface area (Å²) in [5.74, 6) is 12.2. The Bertz CT molecular complexity index is 1060. The number of benzene rings is 1. The van der Waals surface area contributed by atoms with Crippen LogP contribution in [0.1, 0.15) is 21.7 Å². The number of dihydropyridines is 1. The van der Waals surface area contributed by atoms with E-state index in [1.807, 2.05) is 36.4 Å². The first-order valence-electron chi connectivity index (χ1n) is 9.31. The monoisotopic (exact) mass is 426 g/mol. The smallest absolute Gasteiger partial charge is 0.252 e. The third kappa shape index (κ3) is 3.56. The number of carbonyl (C=O) groups is 2. The lowest BCUT2D eigenvalue weighted by molar-refractivity contribution is -0.127. The number of para-hydroxylation sites is 1. The van der Waals surface area contributed by atoms with Crippen LogP contribution in [0.4, 0.5) is 11.4 Å². The largest absolute Gasteiger partial charge is 0.367 e. The molecule has 0 fully saturated rings. The fraction of sp³-hybridized carbons (Fsp3) is 0.200. The molecule has 156 valence electrons. The number of hydrogen-bond acceptors (Lipinski definition) is 8. The van der Waals surface area contributed by atoms with E-state index in [1.54, 1.807) is 6.08 Å². The van der Waals surface area contributed by atoms with Crippen molar-refractivity contribution in [3.8, 4) is 0 Å². The van der Waals surface area contributed by atoms with Gasteiger partial charge in [-0.15, -0.1) is 0 Å². The number of aromatic nitrogens is 1. The van der Waals surface area contributed by atoms with Crippen molar-refractivity contribution >= 4 is 41.3 Å². The SMILES string of the molecule is NN(C(=O)CS)C1=CC(c2c(Nc3ccccc3)c3c(n2N)COCC3=O)=CCN1. The Morgan fingerprint density at radius 2 is 2.07 bits per heavy atom. The third-order valence-corrected chi connectivity index (χ3v) is 5.21. The van der Waals surface area contributed by atoms with Gasteiger partial charge in [-0.25, -0.2) is 10.9 Å². The summed E-state index contributed by atoms with van der Waals surface area (Å²) >= 11 is 3.99. The van der Waals surface area contributed by atoms with Crippen LogP contribution in [-0.4, -0.2) is 40.3 Å². The van der Waals surface area contributed by atoms with Gasteiger partial charge in [-0.05, 0) is 18.2 Å². The van der Waals surface area contributed by atoms with Gasteiger partial charge in [-0.2, -0.15) is 12.6 Å². The summed E-state index contributed by atoms with van der Waals surface area (Å²) in [6.45, 7) is 0.652. The van der Waals surface area contributed by atoms with Crippen molar-refractivity contribution in [2.24, 2.45) is 5.84 Å². The molecule has 0 radical (unpaired) electrons. The summed E-state index contributed by atoms with van der Waals surface area (Å²) in [4.78, 5) is 24.6. The summed E-state index contributed by atoms with van der Waals surface area (Å²) in [6.07, 6.45) is 3.63. The fourth-order valence-corrected chi connectivity index (χ4v) is 3.67. The number of thiol groups is 1. The zero-order valence-electron chi connectivity index (χ0n) is 16.1. The molecule has 0 saturated carbocycles. The van der Waals surface area contributed by atoms with Crippen molar-refractivity contribution in [1.29, 1.82) is 0 Å².